The minimum Gasteiger partial charge on any atom is -0.496 e. The number of nitrogens with two attached hydrogens (primary N) is 1. The van der Waals surface area contributed by atoms with Crippen LogP contribution in [0.15, 0.2) is 28.7 Å². The zero-order valence-electron chi connectivity index (χ0n) is 11.5. The molecule has 1 aromatic heterocycles. The highest BCUT2D eigenvalue weighted by atomic mass is 16.5. The Morgan fingerprint density at radius 2 is 2.00 bits per heavy atom. The van der Waals surface area contributed by atoms with E-state index in [9.17, 15) is 0 Å². The Labute approximate surface area is 113 Å². The fraction of sp³-hybridized carbons (Fsp3) is 0.400. The first-order valence-corrected chi connectivity index (χ1v) is 6.51. The highest BCUT2D eigenvalue weighted by molar-refractivity contribution is 5.33. The first-order valence-electron chi connectivity index (χ1n) is 6.51. The molecule has 0 saturated carbocycles. The van der Waals surface area contributed by atoms with E-state index in [1.807, 2.05) is 25.1 Å². The molecule has 2 N–H and O–H groups in total. The second-order valence-corrected chi connectivity index (χ2v) is 4.46. The molecule has 1 heterocycles. The summed E-state index contributed by atoms with van der Waals surface area (Å²) in [5.41, 5.74) is 7.68. The number of nitrogens with zero attached hydrogens (tertiary/aromatic N) is 1. The van der Waals surface area contributed by atoms with Gasteiger partial charge in [-0.1, -0.05) is 18.2 Å². The van der Waals surface area contributed by atoms with Crippen LogP contribution < -0.4 is 10.5 Å². The first kappa shape index (κ1) is 13.6. The minimum atomic E-state index is 0.597. The average molecular weight is 260 g/mol. The first-order chi connectivity index (χ1) is 9.24. The van der Waals surface area contributed by atoms with E-state index in [4.69, 9.17) is 14.9 Å². The molecule has 0 saturated heterocycles. The van der Waals surface area contributed by atoms with Gasteiger partial charge in [0.25, 0.3) is 0 Å². The Balaban J connectivity index is 2.04. The Kier molecular flexibility index (Phi) is 4.58. The van der Waals surface area contributed by atoms with Crippen LogP contribution in [-0.4, -0.2) is 18.6 Å². The van der Waals surface area contributed by atoms with Crippen molar-refractivity contribution < 1.29 is 9.15 Å². The minimum absolute atomic E-state index is 0.597. The summed E-state index contributed by atoms with van der Waals surface area (Å²) < 4.78 is 11.0. The summed E-state index contributed by atoms with van der Waals surface area (Å²) in [5.74, 6) is 2.56. The zero-order valence-corrected chi connectivity index (χ0v) is 11.5. The number of methoxy groups -OCH3 is 1. The highest BCUT2D eigenvalue weighted by Gasteiger charge is 2.10. The molecule has 1 aromatic carbocycles. The van der Waals surface area contributed by atoms with Gasteiger partial charge in [-0.15, -0.1) is 0 Å². The van der Waals surface area contributed by atoms with Crippen LogP contribution in [0.5, 0.6) is 5.75 Å². The van der Waals surface area contributed by atoms with Gasteiger partial charge in [0.05, 0.1) is 12.8 Å². The average Bonchev–Trinajstić information content (AvgIpc) is 2.78. The summed E-state index contributed by atoms with van der Waals surface area (Å²) in [5, 5.41) is 0. The maximum atomic E-state index is 5.65. The van der Waals surface area contributed by atoms with Gasteiger partial charge in [-0.05, 0) is 31.5 Å². The van der Waals surface area contributed by atoms with E-state index in [1.54, 1.807) is 7.11 Å². The largest absolute Gasteiger partial charge is 0.496 e. The normalized spacial score (nSPS) is 10.7. The summed E-state index contributed by atoms with van der Waals surface area (Å²) in [6.07, 6.45) is 2.39. The molecule has 102 valence electrons. The molecule has 4 nitrogen and oxygen atoms in total. The van der Waals surface area contributed by atoms with Crippen LogP contribution in [-0.2, 0) is 19.3 Å². The molecule has 2 rings (SSSR count). The predicted molar refractivity (Wildman–Crippen MR) is 74.4 cm³/mol. The van der Waals surface area contributed by atoms with Gasteiger partial charge in [0.1, 0.15) is 11.5 Å². The number of aromatic nitrogens is 1. The van der Waals surface area contributed by atoms with Gasteiger partial charge in [0.15, 0.2) is 5.89 Å². The van der Waals surface area contributed by atoms with Gasteiger partial charge in [-0.2, -0.15) is 0 Å². The van der Waals surface area contributed by atoms with Gasteiger partial charge in [0.2, 0.25) is 0 Å². The number of benzene rings is 1. The summed E-state index contributed by atoms with van der Waals surface area (Å²) >= 11 is 0. The second-order valence-electron chi connectivity index (χ2n) is 4.46. The summed E-state index contributed by atoms with van der Waals surface area (Å²) in [6.45, 7) is 2.53. The Bertz CT molecular complexity index is 535. The maximum Gasteiger partial charge on any atom is 0.194 e. The van der Waals surface area contributed by atoms with Gasteiger partial charge in [-0.3, -0.25) is 0 Å². The number of para-hydroxylation sites is 1. The van der Waals surface area contributed by atoms with Crippen molar-refractivity contribution in [2.45, 2.75) is 26.2 Å². The molecule has 0 unspecified atom stereocenters. The molecule has 0 radical (unpaired) electrons. The lowest BCUT2D eigenvalue weighted by atomic mass is 10.1. The van der Waals surface area contributed by atoms with Crippen molar-refractivity contribution in [2.75, 3.05) is 13.7 Å². The van der Waals surface area contributed by atoms with Crippen LogP contribution in [0.25, 0.3) is 0 Å². The molecule has 4 heteroatoms. The lowest BCUT2D eigenvalue weighted by Gasteiger charge is -2.06. The third kappa shape index (κ3) is 3.35. The lowest BCUT2D eigenvalue weighted by molar-refractivity contribution is 0.408. The fourth-order valence-corrected chi connectivity index (χ4v) is 2.11. The van der Waals surface area contributed by atoms with Crippen molar-refractivity contribution >= 4 is 0 Å². The number of hydrogen-bond acceptors (Lipinski definition) is 4. The smallest absolute Gasteiger partial charge is 0.194 e. The van der Waals surface area contributed by atoms with E-state index in [2.05, 4.69) is 11.1 Å². The van der Waals surface area contributed by atoms with Crippen LogP contribution in [0.4, 0.5) is 0 Å². The molecule has 0 aliphatic heterocycles. The monoisotopic (exact) mass is 260 g/mol. The highest BCUT2D eigenvalue weighted by Crippen LogP contribution is 2.20. The number of oxazole rings is 1. The summed E-state index contributed by atoms with van der Waals surface area (Å²) in [7, 11) is 1.69. The summed E-state index contributed by atoms with van der Waals surface area (Å²) in [6, 6.07) is 8.01. The Morgan fingerprint density at radius 1 is 1.21 bits per heavy atom. The van der Waals surface area contributed by atoms with E-state index in [-0.39, 0.29) is 0 Å². The van der Waals surface area contributed by atoms with Crippen LogP contribution >= 0.6 is 0 Å². The second kappa shape index (κ2) is 6.38. The molecular weight excluding hydrogens is 240 g/mol. The molecule has 0 spiro atoms. The van der Waals surface area contributed by atoms with E-state index in [0.717, 1.165) is 42.4 Å². The molecule has 0 aliphatic rings. The molecular formula is C15H20N2O2. The molecule has 19 heavy (non-hydrogen) atoms. The third-order valence-corrected chi connectivity index (χ3v) is 3.12. The molecule has 0 atom stereocenters. The fourth-order valence-electron chi connectivity index (χ4n) is 2.11. The van der Waals surface area contributed by atoms with E-state index in [1.165, 1.54) is 5.56 Å². The van der Waals surface area contributed by atoms with E-state index >= 15 is 0 Å². The third-order valence-electron chi connectivity index (χ3n) is 3.12. The standard InChI is InChI=1S/C15H20N2O2/c1-11-13(9-10-16)17-15(19-11)8-7-12-5-3-4-6-14(12)18-2/h3-6H,7-10,16H2,1-2H3. The van der Waals surface area contributed by atoms with Crippen molar-refractivity contribution in [2.24, 2.45) is 5.73 Å². The summed E-state index contributed by atoms with van der Waals surface area (Å²) in [4.78, 5) is 4.48. The van der Waals surface area contributed by atoms with Gasteiger partial charge >= 0.3 is 0 Å². The van der Waals surface area contributed by atoms with Crippen molar-refractivity contribution in [1.82, 2.24) is 4.98 Å². The number of rotatable bonds is 6. The van der Waals surface area contributed by atoms with Crippen LogP contribution in [0.2, 0.25) is 0 Å². The van der Waals surface area contributed by atoms with Crippen LogP contribution in [0.3, 0.4) is 0 Å². The quantitative estimate of drug-likeness (QED) is 0.865. The van der Waals surface area contributed by atoms with Gasteiger partial charge < -0.3 is 14.9 Å². The lowest BCUT2D eigenvalue weighted by Crippen LogP contribution is -2.04. The molecule has 0 amide bonds. The van der Waals surface area contributed by atoms with Crippen molar-refractivity contribution in [3.8, 4) is 5.75 Å². The van der Waals surface area contributed by atoms with Crippen molar-refractivity contribution in [3.63, 3.8) is 0 Å². The predicted octanol–water partition coefficient (Wildman–Crippen LogP) is 2.28. The van der Waals surface area contributed by atoms with Crippen LogP contribution in [0.1, 0.15) is 22.9 Å². The zero-order chi connectivity index (χ0) is 13.7. The Hall–Kier alpha value is -1.81. The number of aryl methyl sites for hydroxylation is 3. The van der Waals surface area contributed by atoms with Crippen molar-refractivity contribution in [3.05, 3.63) is 47.2 Å². The van der Waals surface area contributed by atoms with Crippen LogP contribution in [0, 0.1) is 6.92 Å². The van der Waals surface area contributed by atoms with E-state index in [0.29, 0.717) is 6.54 Å². The molecule has 2 aromatic rings. The van der Waals surface area contributed by atoms with Crippen molar-refractivity contribution in [1.29, 1.82) is 0 Å². The maximum absolute atomic E-state index is 5.65. The molecule has 0 fully saturated rings. The topological polar surface area (TPSA) is 61.3 Å². The van der Waals surface area contributed by atoms with E-state index < -0.39 is 0 Å². The van der Waals surface area contributed by atoms with Gasteiger partial charge in [-0.25, -0.2) is 4.98 Å². The molecule has 0 aliphatic carbocycles. The number of ether oxygens (including phenoxy) is 1. The number of hydrogen-bond donors (Lipinski definition) is 1. The van der Waals surface area contributed by atoms with Gasteiger partial charge in [0, 0.05) is 12.8 Å². The molecule has 0 bridgehead atoms. The Morgan fingerprint density at radius 3 is 2.74 bits per heavy atom. The SMILES string of the molecule is COc1ccccc1CCc1nc(CCN)c(C)o1.